The van der Waals surface area contributed by atoms with Gasteiger partial charge >= 0.3 is 0 Å². The fourth-order valence-electron chi connectivity index (χ4n) is 4.91. The fraction of sp³-hybridized carbons (Fsp3) is 0.682. The van der Waals surface area contributed by atoms with Gasteiger partial charge in [-0.1, -0.05) is 18.2 Å². The number of hydrogen-bond acceptors (Lipinski definition) is 5. The molecule has 3 saturated heterocycles. The number of hydrogen-bond donors (Lipinski definition) is 1. The Balaban J connectivity index is 1.41. The molecule has 0 bridgehead atoms. The van der Waals surface area contributed by atoms with Gasteiger partial charge in [0.15, 0.2) is 5.96 Å². The lowest BCUT2D eigenvalue weighted by Gasteiger charge is -2.32. The summed E-state index contributed by atoms with van der Waals surface area (Å²) in [6.07, 6.45) is 3.78. The number of guanidine groups is 1. The predicted octanol–water partition coefficient (Wildman–Crippen LogP) is 0.868. The molecule has 0 radical (unpaired) electrons. The average Bonchev–Trinajstić information content (AvgIpc) is 3.47. The number of nitrogens with zero attached hydrogens (tertiary/aromatic N) is 5. The van der Waals surface area contributed by atoms with Crippen LogP contribution >= 0.6 is 0 Å². The van der Waals surface area contributed by atoms with Crippen LogP contribution in [0, 0.1) is 0 Å². The van der Waals surface area contributed by atoms with Crippen molar-refractivity contribution in [3.8, 4) is 0 Å². The Morgan fingerprint density at radius 2 is 1.77 bits per heavy atom. The molecule has 0 saturated carbocycles. The van der Waals surface area contributed by atoms with Gasteiger partial charge in [-0.2, -0.15) is 4.31 Å². The molecule has 31 heavy (non-hydrogen) atoms. The highest BCUT2D eigenvalue weighted by molar-refractivity contribution is 7.89. The molecule has 1 N–H and O–H groups in total. The van der Waals surface area contributed by atoms with E-state index in [0.717, 1.165) is 44.1 Å². The van der Waals surface area contributed by atoms with Gasteiger partial charge in [0.2, 0.25) is 10.0 Å². The van der Waals surface area contributed by atoms with E-state index in [2.05, 4.69) is 25.0 Å². The van der Waals surface area contributed by atoms with Crippen molar-refractivity contribution in [2.24, 2.45) is 4.99 Å². The third-order valence-electron chi connectivity index (χ3n) is 6.82. The highest BCUT2D eigenvalue weighted by Gasteiger charge is 2.32. The van der Waals surface area contributed by atoms with E-state index in [1.165, 1.54) is 25.9 Å². The monoisotopic (exact) mass is 448 g/mol. The van der Waals surface area contributed by atoms with Gasteiger partial charge in [0.1, 0.15) is 0 Å². The molecule has 3 aliphatic rings. The van der Waals surface area contributed by atoms with Crippen LogP contribution in [-0.2, 0) is 16.6 Å². The van der Waals surface area contributed by atoms with Crippen molar-refractivity contribution < 1.29 is 8.42 Å². The Bertz CT molecular complexity index is 876. The van der Waals surface area contributed by atoms with Gasteiger partial charge in [0, 0.05) is 58.9 Å². The van der Waals surface area contributed by atoms with Gasteiger partial charge < -0.3 is 15.1 Å². The van der Waals surface area contributed by atoms with Crippen LogP contribution in [0.1, 0.15) is 24.8 Å². The summed E-state index contributed by atoms with van der Waals surface area (Å²) in [5, 5.41) is 3.43. The van der Waals surface area contributed by atoms with Crippen LogP contribution in [0.2, 0.25) is 0 Å². The lowest BCUT2D eigenvalue weighted by molar-refractivity contribution is 0.222. The third kappa shape index (κ3) is 5.05. The maximum Gasteiger partial charge on any atom is 0.243 e. The molecule has 4 rings (SSSR count). The molecule has 0 aliphatic carbocycles. The van der Waals surface area contributed by atoms with E-state index < -0.39 is 10.0 Å². The predicted molar refractivity (Wildman–Crippen MR) is 124 cm³/mol. The van der Waals surface area contributed by atoms with Crippen molar-refractivity contribution in [3.63, 3.8) is 0 Å². The van der Waals surface area contributed by atoms with Gasteiger partial charge in [-0.25, -0.2) is 8.42 Å². The molecule has 3 heterocycles. The van der Waals surface area contributed by atoms with Gasteiger partial charge in [0.25, 0.3) is 0 Å². The van der Waals surface area contributed by atoms with Gasteiger partial charge in [0.05, 0.1) is 4.90 Å². The summed E-state index contributed by atoms with van der Waals surface area (Å²) in [6.45, 7) is 7.44. The minimum Gasteiger partial charge on any atom is -0.352 e. The van der Waals surface area contributed by atoms with Gasteiger partial charge in [-0.05, 0) is 51.0 Å². The molecule has 0 aromatic heterocycles. The first-order chi connectivity index (χ1) is 15.0. The molecule has 1 atom stereocenters. The minimum absolute atomic E-state index is 0.402. The van der Waals surface area contributed by atoms with Crippen molar-refractivity contribution in [3.05, 3.63) is 29.8 Å². The Morgan fingerprint density at radius 3 is 2.48 bits per heavy atom. The lowest BCUT2D eigenvalue weighted by Crippen LogP contribution is -2.47. The molecule has 1 aromatic carbocycles. The zero-order chi connectivity index (χ0) is 21.8. The van der Waals surface area contributed by atoms with Crippen molar-refractivity contribution in [2.75, 3.05) is 66.5 Å². The second-order valence-electron chi connectivity index (χ2n) is 8.85. The molecule has 172 valence electrons. The van der Waals surface area contributed by atoms with Gasteiger partial charge in [-0.15, -0.1) is 0 Å². The molecule has 9 heteroatoms. The smallest absolute Gasteiger partial charge is 0.243 e. The quantitative estimate of drug-likeness (QED) is 0.532. The van der Waals surface area contributed by atoms with Crippen LogP contribution in [0.15, 0.2) is 34.2 Å². The second kappa shape index (κ2) is 9.85. The largest absolute Gasteiger partial charge is 0.352 e. The Hall–Kier alpha value is -1.68. The van der Waals surface area contributed by atoms with E-state index in [4.69, 9.17) is 0 Å². The Morgan fingerprint density at radius 1 is 1.06 bits per heavy atom. The number of benzene rings is 1. The first-order valence-corrected chi connectivity index (χ1v) is 12.9. The van der Waals surface area contributed by atoms with E-state index in [0.29, 0.717) is 30.6 Å². The summed E-state index contributed by atoms with van der Waals surface area (Å²) in [6, 6.07) is 7.95. The lowest BCUT2D eigenvalue weighted by atomic mass is 10.2. The van der Waals surface area contributed by atoms with Crippen LogP contribution < -0.4 is 5.32 Å². The molecule has 0 amide bonds. The summed E-state index contributed by atoms with van der Waals surface area (Å²) >= 11 is 0. The summed E-state index contributed by atoms with van der Waals surface area (Å²) in [5.41, 5.74) is 0.790. The van der Waals surface area contributed by atoms with E-state index in [-0.39, 0.29) is 0 Å². The number of piperazine rings is 1. The van der Waals surface area contributed by atoms with Crippen molar-refractivity contribution in [1.29, 1.82) is 0 Å². The number of nitrogens with one attached hydrogen (secondary N) is 1. The maximum atomic E-state index is 13.3. The summed E-state index contributed by atoms with van der Waals surface area (Å²) in [5.74, 6) is 0.855. The van der Waals surface area contributed by atoms with Crippen molar-refractivity contribution >= 4 is 16.0 Å². The van der Waals surface area contributed by atoms with E-state index in [1.54, 1.807) is 17.4 Å². The number of likely N-dealkylation sites (tertiary alicyclic amines) is 2. The van der Waals surface area contributed by atoms with E-state index in [9.17, 15) is 8.42 Å². The van der Waals surface area contributed by atoms with Crippen LogP contribution in [0.3, 0.4) is 0 Å². The fourth-order valence-corrected chi connectivity index (χ4v) is 6.56. The first kappa shape index (κ1) is 22.5. The summed E-state index contributed by atoms with van der Waals surface area (Å²) in [7, 11) is 0.329. The molecule has 1 unspecified atom stereocenters. The molecular weight excluding hydrogens is 412 g/mol. The van der Waals surface area contributed by atoms with Crippen molar-refractivity contribution in [2.45, 2.75) is 36.7 Å². The molecule has 3 aliphatic heterocycles. The average molecular weight is 449 g/mol. The second-order valence-corrected chi connectivity index (χ2v) is 10.8. The number of sulfonamides is 1. The maximum absolute atomic E-state index is 13.3. The first-order valence-electron chi connectivity index (χ1n) is 11.5. The van der Waals surface area contributed by atoms with Crippen molar-refractivity contribution in [1.82, 2.24) is 24.3 Å². The molecule has 1 aromatic rings. The summed E-state index contributed by atoms with van der Waals surface area (Å²) in [4.78, 5) is 12.0. The Labute approximate surface area is 186 Å². The van der Waals surface area contributed by atoms with Crippen LogP contribution in [-0.4, -0.2) is 106 Å². The van der Waals surface area contributed by atoms with Crippen LogP contribution in [0.4, 0.5) is 0 Å². The summed E-state index contributed by atoms with van der Waals surface area (Å²) < 4.78 is 28.2. The number of aliphatic imine (C=N–C) groups is 1. The minimum atomic E-state index is -3.50. The molecule has 0 spiro atoms. The molecule has 3 fully saturated rings. The third-order valence-corrected chi connectivity index (χ3v) is 8.82. The molecular formula is C22H36N6O2S. The number of rotatable bonds is 5. The standard InChI is InChI=1S/C22H36N6O2S/c1-23-22(27-12-9-20(18-27)26-10-5-6-11-26)24-17-19-7-3-4-8-21(19)31(29,30)28-15-13-25(2)14-16-28/h3-4,7-8,20H,5-6,9-18H2,1-2H3,(H,23,24). The highest BCUT2D eigenvalue weighted by Crippen LogP contribution is 2.23. The van der Waals surface area contributed by atoms with Crippen LogP contribution in [0.25, 0.3) is 0 Å². The topological polar surface area (TPSA) is 71.5 Å². The highest BCUT2D eigenvalue weighted by atomic mass is 32.2. The van der Waals surface area contributed by atoms with E-state index in [1.807, 2.05) is 25.2 Å². The zero-order valence-electron chi connectivity index (χ0n) is 18.8. The number of likely N-dealkylation sites (N-methyl/N-ethyl adjacent to an activating group) is 1. The Kier molecular flexibility index (Phi) is 7.15. The normalized spacial score (nSPS) is 24.8. The molecule has 8 nitrogen and oxygen atoms in total. The van der Waals surface area contributed by atoms with Crippen LogP contribution in [0.5, 0.6) is 0 Å². The van der Waals surface area contributed by atoms with Gasteiger partial charge in [-0.3, -0.25) is 9.89 Å². The SMILES string of the molecule is CN=C(NCc1ccccc1S(=O)(=O)N1CCN(C)CC1)N1CCC(N2CCCC2)C1. The van der Waals surface area contributed by atoms with E-state index >= 15 is 0 Å². The zero-order valence-corrected chi connectivity index (χ0v) is 19.6.